The largest absolute Gasteiger partial charge is 0.355 e. The van der Waals surface area contributed by atoms with Gasteiger partial charge in [0.25, 0.3) is 11.5 Å². The molecule has 1 rings (SSSR count). The Morgan fingerprint density at radius 2 is 2.18 bits per heavy atom. The third-order valence-corrected chi connectivity index (χ3v) is 2.93. The van der Waals surface area contributed by atoms with E-state index in [4.69, 9.17) is 0 Å². The van der Waals surface area contributed by atoms with Gasteiger partial charge in [0.05, 0.1) is 0 Å². The first-order chi connectivity index (χ1) is 8.15. The van der Waals surface area contributed by atoms with Crippen LogP contribution >= 0.6 is 0 Å². The summed E-state index contributed by atoms with van der Waals surface area (Å²) in [5.41, 5.74) is 0.0108. The standard InChI is InChI=1S/C13H20N2O2/c1-4-7-10(5-2)15-9-6-8-11(13(15)17)12(16)14-3/h6,8-10H,4-5,7H2,1-3H3,(H,14,16). The number of carbonyl (C=O) groups excluding carboxylic acids is 1. The van der Waals surface area contributed by atoms with Crippen LogP contribution < -0.4 is 10.9 Å². The van der Waals surface area contributed by atoms with Gasteiger partial charge in [-0.1, -0.05) is 20.3 Å². The van der Waals surface area contributed by atoms with Gasteiger partial charge < -0.3 is 9.88 Å². The van der Waals surface area contributed by atoms with Gasteiger partial charge in [-0.15, -0.1) is 0 Å². The fourth-order valence-electron chi connectivity index (χ4n) is 1.98. The van der Waals surface area contributed by atoms with E-state index in [1.54, 1.807) is 22.9 Å². The van der Waals surface area contributed by atoms with E-state index >= 15 is 0 Å². The smallest absolute Gasteiger partial charge is 0.263 e. The fourth-order valence-corrected chi connectivity index (χ4v) is 1.98. The van der Waals surface area contributed by atoms with Crippen LogP contribution in [-0.4, -0.2) is 17.5 Å². The molecule has 4 heteroatoms. The van der Waals surface area contributed by atoms with Crippen molar-refractivity contribution in [3.8, 4) is 0 Å². The van der Waals surface area contributed by atoms with Crippen LogP contribution in [0.5, 0.6) is 0 Å². The van der Waals surface area contributed by atoms with Crippen molar-refractivity contribution >= 4 is 5.91 Å². The number of amides is 1. The molecule has 0 bridgehead atoms. The number of hydrogen-bond acceptors (Lipinski definition) is 2. The molecule has 0 aliphatic carbocycles. The molecule has 0 fully saturated rings. The highest BCUT2D eigenvalue weighted by atomic mass is 16.2. The topological polar surface area (TPSA) is 51.1 Å². The van der Waals surface area contributed by atoms with Crippen molar-refractivity contribution < 1.29 is 4.79 Å². The minimum atomic E-state index is -0.323. The van der Waals surface area contributed by atoms with Crippen molar-refractivity contribution in [2.45, 2.75) is 39.2 Å². The van der Waals surface area contributed by atoms with E-state index in [2.05, 4.69) is 19.2 Å². The average Bonchev–Trinajstić information content (AvgIpc) is 2.36. The van der Waals surface area contributed by atoms with Gasteiger partial charge in [0.15, 0.2) is 0 Å². The van der Waals surface area contributed by atoms with E-state index in [0.29, 0.717) is 0 Å². The molecule has 1 aromatic rings. The Balaban J connectivity index is 3.17. The molecule has 1 unspecified atom stereocenters. The van der Waals surface area contributed by atoms with Gasteiger partial charge in [-0.25, -0.2) is 0 Å². The van der Waals surface area contributed by atoms with Crippen molar-refractivity contribution in [3.05, 3.63) is 34.2 Å². The Hall–Kier alpha value is -1.58. The first kappa shape index (κ1) is 13.5. The maximum absolute atomic E-state index is 12.1. The normalized spacial score (nSPS) is 12.2. The lowest BCUT2D eigenvalue weighted by atomic mass is 10.1. The van der Waals surface area contributed by atoms with Crippen LogP contribution in [0.2, 0.25) is 0 Å². The minimum absolute atomic E-state index is 0.178. The number of hydrogen-bond donors (Lipinski definition) is 1. The summed E-state index contributed by atoms with van der Waals surface area (Å²) in [6.07, 6.45) is 4.63. The maximum atomic E-state index is 12.1. The monoisotopic (exact) mass is 236 g/mol. The van der Waals surface area contributed by atoms with Gasteiger partial charge in [-0.05, 0) is 25.0 Å². The Labute approximate surface area is 102 Å². The van der Waals surface area contributed by atoms with E-state index in [0.717, 1.165) is 19.3 Å². The number of aromatic nitrogens is 1. The van der Waals surface area contributed by atoms with E-state index < -0.39 is 0 Å². The SMILES string of the molecule is CCCC(CC)n1cccc(C(=O)NC)c1=O. The van der Waals surface area contributed by atoms with Crippen LogP contribution in [0.1, 0.15) is 49.5 Å². The van der Waals surface area contributed by atoms with E-state index in [1.165, 1.54) is 7.05 Å². The molecule has 0 saturated carbocycles. The molecule has 1 amide bonds. The van der Waals surface area contributed by atoms with Gasteiger partial charge in [0.2, 0.25) is 0 Å². The lowest BCUT2D eigenvalue weighted by Crippen LogP contribution is -2.32. The summed E-state index contributed by atoms with van der Waals surface area (Å²) in [5, 5.41) is 2.49. The highest BCUT2D eigenvalue weighted by molar-refractivity contribution is 5.93. The molecule has 0 aliphatic rings. The lowest BCUT2D eigenvalue weighted by Gasteiger charge is -2.17. The average molecular weight is 236 g/mol. The minimum Gasteiger partial charge on any atom is -0.355 e. The summed E-state index contributed by atoms with van der Waals surface area (Å²) in [6.45, 7) is 4.15. The number of carbonyl (C=O) groups is 1. The van der Waals surface area contributed by atoms with Crippen LogP contribution in [0.4, 0.5) is 0 Å². The predicted molar refractivity (Wildman–Crippen MR) is 68.3 cm³/mol. The Morgan fingerprint density at radius 1 is 1.47 bits per heavy atom. The van der Waals surface area contributed by atoms with Crippen molar-refractivity contribution in [1.29, 1.82) is 0 Å². The molecule has 94 valence electrons. The number of pyridine rings is 1. The van der Waals surface area contributed by atoms with Crippen molar-refractivity contribution in [1.82, 2.24) is 9.88 Å². The highest BCUT2D eigenvalue weighted by Crippen LogP contribution is 2.15. The zero-order chi connectivity index (χ0) is 12.8. The summed E-state index contributed by atoms with van der Waals surface area (Å²) < 4.78 is 1.67. The molecule has 0 aliphatic heterocycles. The number of nitrogens with one attached hydrogen (secondary N) is 1. The van der Waals surface area contributed by atoms with E-state index in [9.17, 15) is 9.59 Å². The predicted octanol–water partition coefficient (Wildman–Crippen LogP) is 1.96. The fraction of sp³-hybridized carbons (Fsp3) is 0.538. The first-order valence-corrected chi connectivity index (χ1v) is 6.08. The molecule has 1 N–H and O–H groups in total. The van der Waals surface area contributed by atoms with E-state index in [1.807, 2.05) is 0 Å². The van der Waals surface area contributed by atoms with Gasteiger partial charge in [0.1, 0.15) is 5.56 Å². The summed E-state index contributed by atoms with van der Waals surface area (Å²) in [7, 11) is 1.53. The lowest BCUT2D eigenvalue weighted by molar-refractivity contribution is 0.0960. The quantitative estimate of drug-likeness (QED) is 0.849. The second-order valence-electron chi connectivity index (χ2n) is 4.06. The van der Waals surface area contributed by atoms with Crippen LogP contribution in [0.25, 0.3) is 0 Å². The number of nitrogens with zero attached hydrogens (tertiary/aromatic N) is 1. The third-order valence-electron chi connectivity index (χ3n) is 2.93. The summed E-state index contributed by atoms with van der Waals surface area (Å²) in [4.78, 5) is 23.7. The Morgan fingerprint density at radius 3 is 2.71 bits per heavy atom. The van der Waals surface area contributed by atoms with E-state index in [-0.39, 0.29) is 23.1 Å². The molecule has 4 nitrogen and oxygen atoms in total. The van der Waals surface area contributed by atoms with Crippen molar-refractivity contribution in [2.75, 3.05) is 7.05 Å². The van der Waals surface area contributed by atoms with Crippen molar-refractivity contribution in [2.24, 2.45) is 0 Å². The summed E-state index contributed by atoms with van der Waals surface area (Å²) in [6, 6.07) is 3.50. The molecule has 0 spiro atoms. The van der Waals surface area contributed by atoms with Crippen LogP contribution in [-0.2, 0) is 0 Å². The second kappa shape index (κ2) is 6.23. The molecule has 1 heterocycles. The molecule has 1 atom stereocenters. The van der Waals surface area contributed by atoms with Crippen LogP contribution in [0.3, 0.4) is 0 Å². The first-order valence-electron chi connectivity index (χ1n) is 6.08. The molecular formula is C13H20N2O2. The zero-order valence-corrected chi connectivity index (χ0v) is 10.7. The van der Waals surface area contributed by atoms with Crippen LogP contribution in [0, 0.1) is 0 Å². The van der Waals surface area contributed by atoms with Crippen molar-refractivity contribution in [3.63, 3.8) is 0 Å². The summed E-state index contributed by atoms with van der Waals surface area (Å²) >= 11 is 0. The molecule has 0 aromatic carbocycles. The van der Waals surface area contributed by atoms with Gasteiger partial charge in [-0.2, -0.15) is 0 Å². The second-order valence-corrected chi connectivity index (χ2v) is 4.06. The molecule has 17 heavy (non-hydrogen) atoms. The number of rotatable bonds is 5. The Bertz CT molecular complexity index is 437. The maximum Gasteiger partial charge on any atom is 0.263 e. The van der Waals surface area contributed by atoms with Gasteiger partial charge in [0, 0.05) is 19.3 Å². The van der Waals surface area contributed by atoms with Gasteiger partial charge in [-0.3, -0.25) is 9.59 Å². The molecule has 0 saturated heterocycles. The molecular weight excluding hydrogens is 216 g/mol. The van der Waals surface area contributed by atoms with Gasteiger partial charge >= 0.3 is 0 Å². The third kappa shape index (κ3) is 2.96. The molecule has 0 radical (unpaired) electrons. The molecule has 1 aromatic heterocycles. The zero-order valence-electron chi connectivity index (χ0n) is 10.7. The summed E-state index contributed by atoms with van der Waals surface area (Å²) in [5.74, 6) is -0.323. The van der Waals surface area contributed by atoms with Crippen LogP contribution in [0.15, 0.2) is 23.1 Å². The Kier molecular flexibility index (Phi) is 4.94. The highest BCUT2D eigenvalue weighted by Gasteiger charge is 2.14.